The number of fused-ring (bicyclic) bond motifs is 1. The fourth-order valence-electron chi connectivity index (χ4n) is 2.25. The van der Waals surface area contributed by atoms with Gasteiger partial charge < -0.3 is 0 Å². The first kappa shape index (κ1) is 12.2. The van der Waals surface area contributed by atoms with Crippen molar-refractivity contribution in [2.45, 2.75) is 6.92 Å². The van der Waals surface area contributed by atoms with E-state index in [-0.39, 0.29) is 0 Å². The molecule has 0 amide bonds. The van der Waals surface area contributed by atoms with Crippen LogP contribution in [0.25, 0.3) is 26.9 Å². The number of rotatable bonds is 2. The maximum Gasteiger partial charge on any atom is 0.235 e. The predicted molar refractivity (Wildman–Crippen MR) is 77.8 cm³/mol. The normalized spacial score (nSPS) is 11.6. The molecule has 0 saturated carbocycles. The second kappa shape index (κ2) is 4.22. The first-order valence-electron chi connectivity index (χ1n) is 6.33. The van der Waals surface area contributed by atoms with Crippen molar-refractivity contribution in [2.75, 3.05) is 0 Å². The molecule has 0 aromatic carbocycles. The van der Waals surface area contributed by atoms with Crippen LogP contribution in [-0.4, -0.2) is 39.4 Å². The number of hydrogen-bond acceptors (Lipinski definition) is 6. The molecule has 0 spiro atoms. The highest BCUT2D eigenvalue weighted by Crippen LogP contribution is 2.29. The average molecular weight is 300 g/mol. The molecule has 0 fully saturated rings. The molecule has 4 aromatic rings. The van der Waals surface area contributed by atoms with Crippen LogP contribution in [0.2, 0.25) is 0 Å². The molecular weight excluding hydrogens is 288 g/mol. The van der Waals surface area contributed by atoms with Gasteiger partial charge in [0.25, 0.3) is 0 Å². The molecule has 0 N–H and O–H groups in total. The second-order valence-corrected chi connectivity index (χ2v) is 5.79. The summed E-state index contributed by atoms with van der Waals surface area (Å²) in [5.41, 5.74) is 2.86. The van der Waals surface area contributed by atoms with Crippen LogP contribution in [0.1, 0.15) is 5.69 Å². The molecule has 106 valence electrons. The molecule has 0 bridgehead atoms. The van der Waals surface area contributed by atoms with Crippen molar-refractivity contribution in [2.24, 2.45) is 14.1 Å². The van der Waals surface area contributed by atoms with Gasteiger partial charge in [0.05, 0.1) is 23.0 Å². The molecule has 9 heteroatoms. The lowest BCUT2D eigenvalue weighted by molar-refractivity contribution is 0.756. The van der Waals surface area contributed by atoms with E-state index in [0.29, 0.717) is 5.82 Å². The zero-order valence-electron chi connectivity index (χ0n) is 11.7. The quantitative estimate of drug-likeness (QED) is 0.557. The van der Waals surface area contributed by atoms with Gasteiger partial charge in [-0.2, -0.15) is 19.8 Å². The predicted octanol–water partition coefficient (Wildman–Crippen LogP) is 1.30. The minimum Gasteiger partial charge on any atom is -0.275 e. The summed E-state index contributed by atoms with van der Waals surface area (Å²) in [5, 5.41) is 22.4. The Morgan fingerprint density at radius 3 is 2.57 bits per heavy atom. The zero-order chi connectivity index (χ0) is 14.6. The van der Waals surface area contributed by atoms with Gasteiger partial charge in [-0.25, -0.2) is 0 Å². The Balaban J connectivity index is 1.88. The van der Waals surface area contributed by atoms with E-state index in [2.05, 4.69) is 25.5 Å². The summed E-state index contributed by atoms with van der Waals surface area (Å²) < 4.78 is 5.27. The van der Waals surface area contributed by atoms with E-state index < -0.39 is 0 Å². The zero-order valence-corrected chi connectivity index (χ0v) is 12.5. The standard InChI is InChI=1S/C12H12N8S/c1-7-9(6-19(3)16-7)11-17-20-10(14-15-12(20)21-11)8-4-13-18(2)5-8/h4-6H,1-3H3. The summed E-state index contributed by atoms with van der Waals surface area (Å²) in [4.78, 5) is 0.757. The monoisotopic (exact) mass is 300 g/mol. The SMILES string of the molecule is Cc1nn(C)cc1-c1nn2c(-c3cnn(C)c3)nnc2s1. The van der Waals surface area contributed by atoms with Crippen molar-refractivity contribution >= 4 is 16.3 Å². The summed E-state index contributed by atoms with van der Waals surface area (Å²) in [6.07, 6.45) is 5.61. The highest BCUT2D eigenvalue weighted by molar-refractivity contribution is 7.19. The van der Waals surface area contributed by atoms with Gasteiger partial charge in [0.1, 0.15) is 0 Å². The first-order valence-corrected chi connectivity index (χ1v) is 7.15. The number of aromatic nitrogens is 8. The van der Waals surface area contributed by atoms with Crippen LogP contribution in [0.4, 0.5) is 0 Å². The van der Waals surface area contributed by atoms with Gasteiger partial charge in [-0.15, -0.1) is 10.2 Å². The molecule has 0 aliphatic heterocycles. The summed E-state index contributed by atoms with van der Waals surface area (Å²) in [6.45, 7) is 1.97. The fourth-order valence-corrected chi connectivity index (χ4v) is 3.15. The third kappa shape index (κ3) is 1.85. The number of hydrogen-bond donors (Lipinski definition) is 0. The van der Waals surface area contributed by atoms with Gasteiger partial charge in [-0.3, -0.25) is 9.36 Å². The lowest BCUT2D eigenvalue weighted by atomic mass is 10.3. The van der Waals surface area contributed by atoms with Crippen LogP contribution in [0, 0.1) is 6.92 Å². The van der Waals surface area contributed by atoms with Crippen LogP contribution >= 0.6 is 11.3 Å². The Labute approximate surface area is 123 Å². The second-order valence-electron chi connectivity index (χ2n) is 4.83. The van der Waals surface area contributed by atoms with E-state index in [9.17, 15) is 0 Å². The highest BCUT2D eigenvalue weighted by atomic mass is 32.1. The van der Waals surface area contributed by atoms with Gasteiger partial charge in [0.2, 0.25) is 4.96 Å². The minimum atomic E-state index is 0.696. The van der Waals surface area contributed by atoms with Crippen molar-refractivity contribution < 1.29 is 0 Å². The maximum atomic E-state index is 4.62. The minimum absolute atomic E-state index is 0.696. The molecule has 8 nitrogen and oxygen atoms in total. The smallest absolute Gasteiger partial charge is 0.235 e. The molecule has 0 aliphatic carbocycles. The van der Waals surface area contributed by atoms with Gasteiger partial charge in [-0.1, -0.05) is 11.3 Å². The molecule has 4 aromatic heterocycles. The van der Waals surface area contributed by atoms with Crippen LogP contribution in [0.3, 0.4) is 0 Å². The molecule has 0 radical (unpaired) electrons. The van der Waals surface area contributed by atoms with Crippen LogP contribution in [0.5, 0.6) is 0 Å². The molecular formula is C12H12N8S. The summed E-state index contributed by atoms with van der Waals surface area (Å²) in [7, 11) is 3.77. The molecule has 0 unspecified atom stereocenters. The van der Waals surface area contributed by atoms with Crippen molar-refractivity contribution in [1.29, 1.82) is 0 Å². The Kier molecular flexibility index (Phi) is 2.45. The summed E-state index contributed by atoms with van der Waals surface area (Å²) in [6, 6.07) is 0. The molecule has 0 atom stereocenters. The van der Waals surface area contributed by atoms with Gasteiger partial charge in [0, 0.05) is 26.5 Å². The number of aryl methyl sites for hydroxylation is 3. The van der Waals surface area contributed by atoms with E-state index in [1.807, 2.05) is 33.4 Å². The van der Waals surface area contributed by atoms with E-state index in [4.69, 9.17) is 0 Å². The van der Waals surface area contributed by atoms with E-state index in [0.717, 1.165) is 26.8 Å². The first-order chi connectivity index (χ1) is 10.1. The molecule has 0 saturated heterocycles. The number of nitrogens with zero attached hydrogens (tertiary/aromatic N) is 8. The Morgan fingerprint density at radius 2 is 1.90 bits per heavy atom. The van der Waals surface area contributed by atoms with Gasteiger partial charge >= 0.3 is 0 Å². The van der Waals surface area contributed by atoms with E-state index in [1.165, 1.54) is 11.3 Å². The van der Waals surface area contributed by atoms with Crippen LogP contribution < -0.4 is 0 Å². The summed E-state index contributed by atoms with van der Waals surface area (Å²) in [5.74, 6) is 0.696. The Bertz CT molecular complexity index is 940. The van der Waals surface area contributed by atoms with Gasteiger partial charge in [0.15, 0.2) is 10.8 Å². The molecule has 4 rings (SSSR count). The molecule has 21 heavy (non-hydrogen) atoms. The van der Waals surface area contributed by atoms with Crippen molar-refractivity contribution in [1.82, 2.24) is 39.4 Å². The van der Waals surface area contributed by atoms with Crippen molar-refractivity contribution in [3.05, 3.63) is 24.3 Å². The van der Waals surface area contributed by atoms with E-state index in [1.54, 1.807) is 20.1 Å². The van der Waals surface area contributed by atoms with Gasteiger partial charge in [-0.05, 0) is 6.92 Å². The third-order valence-corrected chi connectivity index (χ3v) is 4.13. The van der Waals surface area contributed by atoms with Crippen molar-refractivity contribution in [3.8, 4) is 22.0 Å². The molecule has 0 aliphatic rings. The maximum absolute atomic E-state index is 4.62. The topological polar surface area (TPSA) is 78.7 Å². The van der Waals surface area contributed by atoms with Crippen molar-refractivity contribution in [3.63, 3.8) is 0 Å². The Morgan fingerprint density at radius 1 is 1.05 bits per heavy atom. The fraction of sp³-hybridized carbons (Fsp3) is 0.250. The average Bonchev–Trinajstić information content (AvgIpc) is 3.13. The highest BCUT2D eigenvalue weighted by Gasteiger charge is 2.17. The Hall–Kier alpha value is -2.55. The van der Waals surface area contributed by atoms with Crippen LogP contribution in [0.15, 0.2) is 18.6 Å². The lowest BCUT2D eigenvalue weighted by Crippen LogP contribution is -1.90. The van der Waals surface area contributed by atoms with Crippen LogP contribution in [-0.2, 0) is 14.1 Å². The largest absolute Gasteiger partial charge is 0.275 e. The molecule has 4 heterocycles. The van der Waals surface area contributed by atoms with E-state index >= 15 is 0 Å². The third-order valence-electron chi connectivity index (χ3n) is 3.20. The lowest BCUT2D eigenvalue weighted by Gasteiger charge is -1.91. The summed E-state index contributed by atoms with van der Waals surface area (Å²) >= 11 is 1.50.